The molecule has 52 valence electrons. The topological polar surface area (TPSA) is 12.0 Å². The van der Waals surface area contributed by atoms with E-state index in [4.69, 9.17) is 0 Å². The predicted molar refractivity (Wildman–Crippen MR) is 45.1 cm³/mol. The molecule has 2 rings (SSSR count). The van der Waals surface area contributed by atoms with Gasteiger partial charge in [-0.15, -0.1) is 11.8 Å². The van der Waals surface area contributed by atoms with Crippen LogP contribution in [0.1, 0.15) is 6.92 Å². The van der Waals surface area contributed by atoms with Gasteiger partial charge in [0, 0.05) is 23.3 Å². The Morgan fingerprint density at radius 2 is 2.33 bits per heavy atom. The van der Waals surface area contributed by atoms with Crippen LogP contribution in [0.5, 0.6) is 0 Å². The van der Waals surface area contributed by atoms with Crippen molar-refractivity contribution in [2.24, 2.45) is 0 Å². The van der Waals surface area contributed by atoms with Crippen molar-refractivity contribution in [1.29, 1.82) is 0 Å². The van der Waals surface area contributed by atoms with E-state index in [1.54, 1.807) is 0 Å². The highest BCUT2D eigenvalue weighted by atomic mass is 32.2. The Labute approximate surface area is 64.3 Å². The molecule has 0 radical (unpaired) electrons. The summed E-state index contributed by atoms with van der Waals surface area (Å²) in [5.74, 6) is 2.64. The van der Waals surface area contributed by atoms with Crippen molar-refractivity contribution in [2.45, 2.75) is 17.0 Å². The molecule has 9 heavy (non-hydrogen) atoms. The first-order valence-electron chi connectivity index (χ1n) is 3.31. The summed E-state index contributed by atoms with van der Waals surface area (Å²) in [4.78, 5) is 0.518. The van der Waals surface area contributed by atoms with E-state index in [0.29, 0.717) is 4.87 Å². The lowest BCUT2D eigenvalue weighted by atomic mass is 10.3. The number of thioether (sulfide) groups is 2. The van der Waals surface area contributed by atoms with Crippen LogP contribution in [-0.2, 0) is 0 Å². The summed E-state index contributed by atoms with van der Waals surface area (Å²) in [7, 11) is 0. The summed E-state index contributed by atoms with van der Waals surface area (Å²) in [6, 6.07) is 0. The molecule has 0 amide bonds. The van der Waals surface area contributed by atoms with Crippen LogP contribution < -0.4 is 5.32 Å². The molecular weight excluding hydrogens is 150 g/mol. The Morgan fingerprint density at radius 1 is 1.56 bits per heavy atom. The van der Waals surface area contributed by atoms with Gasteiger partial charge in [-0.2, -0.15) is 11.8 Å². The SMILES string of the molecule is CC1CNC2(CSC2)S1. The normalized spacial score (nSPS) is 39.0. The fourth-order valence-corrected chi connectivity index (χ4v) is 4.18. The van der Waals surface area contributed by atoms with Crippen LogP contribution in [0.2, 0.25) is 0 Å². The molecule has 2 heterocycles. The summed E-state index contributed by atoms with van der Waals surface area (Å²) < 4.78 is 0. The van der Waals surface area contributed by atoms with Crippen LogP contribution in [0.3, 0.4) is 0 Å². The summed E-state index contributed by atoms with van der Waals surface area (Å²) in [5.41, 5.74) is 0. The molecule has 1 atom stereocenters. The van der Waals surface area contributed by atoms with Crippen LogP contribution >= 0.6 is 23.5 Å². The van der Waals surface area contributed by atoms with E-state index >= 15 is 0 Å². The third kappa shape index (κ3) is 0.994. The van der Waals surface area contributed by atoms with Gasteiger partial charge in [0.2, 0.25) is 0 Å². The van der Waals surface area contributed by atoms with Crippen molar-refractivity contribution in [3.05, 3.63) is 0 Å². The van der Waals surface area contributed by atoms with E-state index in [1.807, 2.05) is 0 Å². The Balaban J connectivity index is 1.99. The summed E-state index contributed by atoms with van der Waals surface area (Å²) in [6.45, 7) is 3.51. The molecule has 0 bridgehead atoms. The molecule has 2 saturated heterocycles. The van der Waals surface area contributed by atoms with Crippen molar-refractivity contribution in [1.82, 2.24) is 5.32 Å². The van der Waals surface area contributed by atoms with Crippen LogP contribution in [-0.4, -0.2) is 28.2 Å². The summed E-state index contributed by atoms with van der Waals surface area (Å²) in [5, 5.41) is 4.40. The zero-order valence-electron chi connectivity index (χ0n) is 5.52. The Morgan fingerprint density at radius 3 is 2.56 bits per heavy atom. The highest BCUT2D eigenvalue weighted by Gasteiger charge is 2.43. The molecule has 2 aliphatic heterocycles. The second-order valence-electron chi connectivity index (χ2n) is 2.80. The van der Waals surface area contributed by atoms with Gasteiger partial charge < -0.3 is 5.32 Å². The van der Waals surface area contributed by atoms with Crippen molar-refractivity contribution >= 4 is 23.5 Å². The van der Waals surface area contributed by atoms with Crippen LogP contribution in [0.15, 0.2) is 0 Å². The molecule has 2 fully saturated rings. The largest absolute Gasteiger partial charge is 0.300 e. The maximum absolute atomic E-state index is 3.56. The van der Waals surface area contributed by atoms with Gasteiger partial charge in [0.05, 0.1) is 4.87 Å². The van der Waals surface area contributed by atoms with Gasteiger partial charge in [-0.3, -0.25) is 0 Å². The monoisotopic (exact) mass is 161 g/mol. The minimum Gasteiger partial charge on any atom is -0.300 e. The predicted octanol–water partition coefficient (Wildman–Crippen LogP) is 1.15. The van der Waals surface area contributed by atoms with E-state index in [0.717, 1.165) is 5.25 Å². The fourth-order valence-electron chi connectivity index (χ4n) is 1.26. The molecule has 3 heteroatoms. The van der Waals surface area contributed by atoms with Gasteiger partial charge in [0.1, 0.15) is 0 Å². The number of rotatable bonds is 0. The first-order valence-corrected chi connectivity index (χ1v) is 5.35. The van der Waals surface area contributed by atoms with Crippen molar-refractivity contribution in [3.63, 3.8) is 0 Å². The minimum absolute atomic E-state index is 0.518. The van der Waals surface area contributed by atoms with E-state index in [1.165, 1.54) is 18.1 Å². The van der Waals surface area contributed by atoms with Gasteiger partial charge in [0.15, 0.2) is 0 Å². The molecule has 0 aromatic rings. The quantitative estimate of drug-likeness (QED) is 0.572. The molecule has 1 N–H and O–H groups in total. The lowest BCUT2D eigenvalue weighted by molar-refractivity contribution is 0.576. The fraction of sp³-hybridized carbons (Fsp3) is 1.00. The van der Waals surface area contributed by atoms with Crippen molar-refractivity contribution in [2.75, 3.05) is 18.1 Å². The third-order valence-corrected chi connectivity index (χ3v) is 5.02. The first kappa shape index (κ1) is 6.38. The second-order valence-corrected chi connectivity index (χ2v) is 5.60. The number of nitrogens with one attached hydrogen (secondary N) is 1. The van der Waals surface area contributed by atoms with E-state index in [-0.39, 0.29) is 0 Å². The Hall–Kier alpha value is 0.660. The maximum atomic E-state index is 3.56. The lowest BCUT2D eigenvalue weighted by Crippen LogP contribution is -2.49. The molecule has 0 aromatic heterocycles. The second kappa shape index (κ2) is 2.07. The molecule has 2 aliphatic rings. The summed E-state index contributed by atoms with van der Waals surface area (Å²) >= 11 is 4.17. The van der Waals surface area contributed by atoms with Crippen LogP contribution in [0, 0.1) is 0 Å². The van der Waals surface area contributed by atoms with E-state index in [9.17, 15) is 0 Å². The molecular formula is C6H11NS2. The van der Waals surface area contributed by atoms with Gasteiger partial charge in [0.25, 0.3) is 0 Å². The van der Waals surface area contributed by atoms with Crippen molar-refractivity contribution in [3.8, 4) is 0 Å². The Kier molecular flexibility index (Phi) is 1.47. The zero-order valence-corrected chi connectivity index (χ0v) is 7.15. The third-order valence-electron chi connectivity index (χ3n) is 1.81. The molecule has 1 unspecified atom stereocenters. The zero-order chi connectivity index (χ0) is 6.32. The average Bonchev–Trinajstić information content (AvgIpc) is 2.09. The number of hydrogen-bond donors (Lipinski definition) is 1. The lowest BCUT2D eigenvalue weighted by Gasteiger charge is -2.36. The highest BCUT2D eigenvalue weighted by molar-refractivity contribution is 8.08. The first-order chi connectivity index (χ1) is 4.31. The van der Waals surface area contributed by atoms with E-state index < -0.39 is 0 Å². The Bertz CT molecular complexity index is 122. The van der Waals surface area contributed by atoms with Gasteiger partial charge >= 0.3 is 0 Å². The molecule has 1 nitrogen and oxygen atoms in total. The molecule has 0 saturated carbocycles. The number of hydrogen-bond acceptors (Lipinski definition) is 3. The standard InChI is InChI=1S/C6H11NS2/c1-5-2-7-6(9-5)3-8-4-6/h5,7H,2-4H2,1H3. The van der Waals surface area contributed by atoms with Crippen LogP contribution in [0.4, 0.5) is 0 Å². The minimum atomic E-state index is 0.518. The van der Waals surface area contributed by atoms with Gasteiger partial charge in [-0.25, -0.2) is 0 Å². The smallest absolute Gasteiger partial charge is 0.0831 e. The van der Waals surface area contributed by atoms with E-state index in [2.05, 4.69) is 35.8 Å². The molecule has 0 aromatic carbocycles. The van der Waals surface area contributed by atoms with Gasteiger partial charge in [-0.05, 0) is 0 Å². The summed E-state index contributed by atoms with van der Waals surface area (Å²) in [6.07, 6.45) is 0. The molecule has 0 aliphatic carbocycles. The van der Waals surface area contributed by atoms with Crippen LogP contribution in [0.25, 0.3) is 0 Å². The average molecular weight is 161 g/mol. The maximum Gasteiger partial charge on any atom is 0.0831 e. The molecule has 1 spiro atoms. The van der Waals surface area contributed by atoms with Gasteiger partial charge in [-0.1, -0.05) is 6.92 Å². The van der Waals surface area contributed by atoms with Crippen molar-refractivity contribution < 1.29 is 0 Å². The highest BCUT2D eigenvalue weighted by Crippen LogP contribution is 2.44.